The van der Waals surface area contributed by atoms with E-state index in [1.165, 1.54) is 19.4 Å². The minimum Gasteiger partial charge on any atom is -0.490 e. The number of halogens is 1. The molecule has 4 atom stereocenters. The number of ether oxygens (including phenoxy) is 3. The number of rotatable bonds is 13. The lowest BCUT2D eigenvalue weighted by Crippen LogP contribution is -2.48. The van der Waals surface area contributed by atoms with Crippen LogP contribution in [0.4, 0.5) is 4.79 Å². The van der Waals surface area contributed by atoms with E-state index in [1.54, 1.807) is 45.1 Å². The van der Waals surface area contributed by atoms with Crippen molar-refractivity contribution >= 4 is 35.5 Å². The standard InChI is InChI=1S/C30H40ClN3O7/c1-19(2)27(28(36)33-17-9-11-23(40-30(32)38)14-13-22(5)31)34-26(35)12-8-7-10-20(3)18-21(4)24-15-16-25(39-6)29(37)41-24/h7,9-10,13,16-19,21,23-24,27H,11,14-15H2,1-6H3,(H2,32,38)(H,33,36)(H,34,35)/b10-7-,17-9-,20-18+,22-13+/t21-,23+,24-,27?/m0/s1. The summed E-state index contributed by atoms with van der Waals surface area (Å²) < 4.78 is 15.4. The van der Waals surface area contributed by atoms with Crippen molar-refractivity contribution in [3.8, 4) is 11.8 Å². The first-order valence-electron chi connectivity index (χ1n) is 13.2. The van der Waals surface area contributed by atoms with Crippen molar-refractivity contribution in [3.63, 3.8) is 0 Å². The van der Waals surface area contributed by atoms with Gasteiger partial charge in [-0.2, -0.15) is 0 Å². The van der Waals surface area contributed by atoms with E-state index in [0.717, 1.165) is 5.57 Å². The molecule has 4 N–H and O–H groups in total. The minimum atomic E-state index is -0.905. The predicted octanol–water partition coefficient (Wildman–Crippen LogP) is 4.13. The summed E-state index contributed by atoms with van der Waals surface area (Å²) >= 11 is 5.82. The Morgan fingerprint density at radius 2 is 1.95 bits per heavy atom. The Bertz CT molecular complexity index is 1150. The van der Waals surface area contributed by atoms with E-state index in [9.17, 15) is 19.2 Å². The second-order valence-electron chi connectivity index (χ2n) is 9.75. The van der Waals surface area contributed by atoms with Crippen LogP contribution in [-0.4, -0.2) is 49.2 Å². The van der Waals surface area contributed by atoms with Gasteiger partial charge in [-0.05, 0) is 44.0 Å². The Balaban J connectivity index is 2.65. The zero-order valence-electron chi connectivity index (χ0n) is 24.4. The first-order chi connectivity index (χ1) is 19.3. The lowest BCUT2D eigenvalue weighted by Gasteiger charge is -2.25. The summed E-state index contributed by atoms with van der Waals surface area (Å²) in [5, 5.41) is 5.80. The smallest absolute Gasteiger partial charge is 0.404 e. The number of nitrogens with one attached hydrogen (secondary N) is 2. The number of carbonyl (C=O) groups is 4. The Labute approximate surface area is 247 Å². The van der Waals surface area contributed by atoms with Crippen molar-refractivity contribution < 1.29 is 33.4 Å². The maximum absolute atomic E-state index is 12.6. The molecule has 41 heavy (non-hydrogen) atoms. The van der Waals surface area contributed by atoms with E-state index < -0.39 is 36.0 Å². The molecule has 0 spiro atoms. The molecule has 10 nitrogen and oxygen atoms in total. The van der Waals surface area contributed by atoms with Crippen LogP contribution in [-0.2, 0) is 28.6 Å². The molecule has 0 aromatic carbocycles. The fraction of sp³-hybridized carbons (Fsp3) is 0.467. The number of esters is 1. The van der Waals surface area contributed by atoms with E-state index in [1.807, 2.05) is 19.9 Å². The second kappa shape index (κ2) is 18.4. The highest BCUT2D eigenvalue weighted by atomic mass is 35.5. The first kappa shape index (κ1) is 35.1. The molecular formula is C30H40ClN3O7. The molecule has 0 radical (unpaired) electrons. The zero-order valence-corrected chi connectivity index (χ0v) is 25.1. The molecule has 1 aliphatic rings. The van der Waals surface area contributed by atoms with E-state index in [2.05, 4.69) is 22.5 Å². The van der Waals surface area contributed by atoms with Gasteiger partial charge in [-0.3, -0.25) is 9.59 Å². The van der Waals surface area contributed by atoms with Crippen LogP contribution in [0.2, 0.25) is 0 Å². The van der Waals surface area contributed by atoms with Gasteiger partial charge in [0.05, 0.1) is 7.11 Å². The van der Waals surface area contributed by atoms with Gasteiger partial charge in [-0.15, -0.1) is 0 Å². The van der Waals surface area contributed by atoms with Gasteiger partial charge in [0.25, 0.3) is 5.91 Å². The van der Waals surface area contributed by atoms with E-state index in [0.29, 0.717) is 24.3 Å². The van der Waals surface area contributed by atoms with Crippen LogP contribution in [0.3, 0.4) is 0 Å². The molecule has 0 aromatic heterocycles. The molecule has 1 unspecified atom stereocenters. The third-order valence-electron chi connectivity index (χ3n) is 5.87. The van der Waals surface area contributed by atoms with Gasteiger partial charge in [-0.25, -0.2) is 9.59 Å². The molecule has 0 saturated heterocycles. The Kier molecular flexibility index (Phi) is 15.7. The van der Waals surface area contributed by atoms with E-state index in [-0.39, 0.29) is 23.7 Å². The molecule has 224 valence electrons. The maximum Gasteiger partial charge on any atom is 0.404 e. The van der Waals surface area contributed by atoms with Crippen molar-refractivity contribution in [3.05, 3.63) is 59.0 Å². The van der Waals surface area contributed by atoms with Crippen LogP contribution >= 0.6 is 11.6 Å². The van der Waals surface area contributed by atoms with Gasteiger partial charge < -0.3 is 30.6 Å². The third-order valence-corrected chi connectivity index (χ3v) is 6.02. The second-order valence-corrected chi connectivity index (χ2v) is 10.3. The number of primary amides is 1. The Hall–Kier alpha value is -3.97. The van der Waals surface area contributed by atoms with Crippen LogP contribution in [0.25, 0.3) is 0 Å². The summed E-state index contributed by atoms with van der Waals surface area (Å²) in [5.41, 5.74) is 5.98. The fourth-order valence-electron chi connectivity index (χ4n) is 3.71. The quantitative estimate of drug-likeness (QED) is 0.166. The number of cyclic esters (lactones) is 1. The van der Waals surface area contributed by atoms with E-state index >= 15 is 0 Å². The number of allylic oxidation sites excluding steroid dienone is 4. The Morgan fingerprint density at radius 1 is 1.24 bits per heavy atom. The van der Waals surface area contributed by atoms with Crippen molar-refractivity contribution in [2.75, 3.05) is 7.11 Å². The van der Waals surface area contributed by atoms with Gasteiger partial charge in [0.1, 0.15) is 18.2 Å². The minimum absolute atomic E-state index is 0.0397. The molecule has 0 aliphatic carbocycles. The fourth-order valence-corrected chi connectivity index (χ4v) is 3.80. The zero-order chi connectivity index (χ0) is 30.9. The topological polar surface area (TPSA) is 146 Å². The highest BCUT2D eigenvalue weighted by Crippen LogP contribution is 2.22. The van der Waals surface area contributed by atoms with Crippen molar-refractivity contribution in [1.82, 2.24) is 10.6 Å². The summed E-state index contributed by atoms with van der Waals surface area (Å²) in [7, 11) is 1.43. The van der Waals surface area contributed by atoms with Crippen LogP contribution in [0.5, 0.6) is 0 Å². The molecule has 0 saturated carbocycles. The molecule has 3 amide bonds. The van der Waals surface area contributed by atoms with Crippen molar-refractivity contribution in [2.24, 2.45) is 17.6 Å². The van der Waals surface area contributed by atoms with Crippen LogP contribution < -0.4 is 16.4 Å². The summed E-state index contributed by atoms with van der Waals surface area (Å²) in [6.45, 7) is 9.11. The molecule has 1 aliphatic heterocycles. The highest BCUT2D eigenvalue weighted by molar-refractivity contribution is 6.29. The summed E-state index contributed by atoms with van der Waals surface area (Å²) in [6.07, 6.45) is 11.2. The summed E-state index contributed by atoms with van der Waals surface area (Å²) in [4.78, 5) is 48.0. The van der Waals surface area contributed by atoms with Gasteiger partial charge in [-0.1, -0.05) is 68.2 Å². The average molecular weight is 590 g/mol. The number of hydrogen-bond acceptors (Lipinski definition) is 7. The van der Waals surface area contributed by atoms with Gasteiger partial charge >= 0.3 is 12.1 Å². The molecule has 1 heterocycles. The molecule has 0 aromatic rings. The molecule has 1 rings (SSSR count). The lowest BCUT2D eigenvalue weighted by atomic mass is 9.97. The number of amides is 3. The maximum atomic E-state index is 12.6. The number of methoxy groups -OCH3 is 1. The number of carbonyl (C=O) groups excluding carboxylic acids is 4. The average Bonchev–Trinajstić information content (AvgIpc) is 2.89. The first-order valence-corrected chi connectivity index (χ1v) is 13.6. The van der Waals surface area contributed by atoms with Crippen molar-refractivity contribution in [2.45, 2.75) is 72.1 Å². The summed E-state index contributed by atoms with van der Waals surface area (Å²) in [6, 6.07) is -0.821. The normalized spacial score (nSPS) is 18.1. The third kappa shape index (κ3) is 14.3. The molecular weight excluding hydrogens is 550 g/mol. The SMILES string of the molecule is COC1=CC[C@@H]([C@@H](C)/C=C(C)/C=C\C#CC(=O)NC(C(=O)N/C=C\C[C@H](C/C=C(\C)Cl)OC(N)=O)C(C)C)OC1=O. The van der Waals surface area contributed by atoms with Gasteiger partial charge in [0.2, 0.25) is 5.91 Å². The lowest BCUT2D eigenvalue weighted by molar-refractivity contribution is -0.151. The molecule has 11 heteroatoms. The highest BCUT2D eigenvalue weighted by Gasteiger charge is 2.27. The van der Waals surface area contributed by atoms with Crippen LogP contribution in [0.15, 0.2) is 59.0 Å². The largest absolute Gasteiger partial charge is 0.490 e. The van der Waals surface area contributed by atoms with E-state index in [4.69, 9.17) is 31.5 Å². The molecule has 0 fully saturated rings. The van der Waals surface area contributed by atoms with Crippen LogP contribution in [0.1, 0.15) is 53.9 Å². The van der Waals surface area contributed by atoms with Gasteiger partial charge in [0.15, 0.2) is 5.76 Å². The van der Waals surface area contributed by atoms with Crippen molar-refractivity contribution in [1.29, 1.82) is 0 Å². The van der Waals surface area contributed by atoms with Gasteiger partial charge in [0, 0.05) is 30.2 Å². The molecule has 0 bridgehead atoms. The summed E-state index contributed by atoms with van der Waals surface area (Å²) in [5.74, 6) is 3.59. The Morgan fingerprint density at radius 3 is 2.54 bits per heavy atom. The monoisotopic (exact) mass is 589 g/mol. The predicted molar refractivity (Wildman–Crippen MR) is 157 cm³/mol. The number of hydrogen-bond donors (Lipinski definition) is 3. The number of nitrogens with two attached hydrogens (primary N) is 1. The van der Waals surface area contributed by atoms with Crippen LogP contribution in [0, 0.1) is 23.7 Å².